The molecular weight excluding hydrogens is 390 g/mol. The lowest BCUT2D eigenvalue weighted by molar-refractivity contribution is -0.120. The van der Waals surface area contributed by atoms with E-state index in [2.05, 4.69) is 15.9 Å². The quantitative estimate of drug-likeness (QED) is 0.708. The number of hydrogen-bond donors (Lipinski definition) is 0. The fourth-order valence-electron chi connectivity index (χ4n) is 3.94. The van der Waals surface area contributed by atoms with Gasteiger partial charge in [0.25, 0.3) is 11.8 Å². The van der Waals surface area contributed by atoms with E-state index in [-0.39, 0.29) is 30.7 Å². The smallest absolute Gasteiger partial charge is 0.261 e. The van der Waals surface area contributed by atoms with Crippen LogP contribution >= 0.6 is 11.6 Å². The summed E-state index contributed by atoms with van der Waals surface area (Å²) in [6, 6.07) is 12.6. The van der Waals surface area contributed by atoms with Crippen molar-refractivity contribution in [3.63, 3.8) is 0 Å². The van der Waals surface area contributed by atoms with Crippen molar-refractivity contribution in [3.8, 4) is 0 Å². The molecular formula is C22H22ClN3O3. The Morgan fingerprint density at radius 1 is 0.897 bits per heavy atom. The maximum absolute atomic E-state index is 12.5. The van der Waals surface area contributed by atoms with Crippen molar-refractivity contribution in [1.82, 2.24) is 9.80 Å². The second-order valence-electron chi connectivity index (χ2n) is 7.43. The number of anilines is 1. The van der Waals surface area contributed by atoms with Gasteiger partial charge in [0.15, 0.2) is 5.78 Å². The Kier molecular flexibility index (Phi) is 5.39. The largest absolute Gasteiger partial charge is 0.369 e. The van der Waals surface area contributed by atoms with Crippen LogP contribution in [0.2, 0.25) is 5.02 Å². The summed E-state index contributed by atoms with van der Waals surface area (Å²) < 4.78 is 0. The molecule has 0 bridgehead atoms. The van der Waals surface area contributed by atoms with E-state index in [1.165, 1.54) is 0 Å². The summed E-state index contributed by atoms with van der Waals surface area (Å²) in [5, 5.41) is 0.751. The van der Waals surface area contributed by atoms with Crippen molar-refractivity contribution in [1.29, 1.82) is 0 Å². The Labute approximate surface area is 174 Å². The Bertz CT molecular complexity index is 948. The van der Waals surface area contributed by atoms with Gasteiger partial charge in [-0.1, -0.05) is 29.8 Å². The summed E-state index contributed by atoms with van der Waals surface area (Å²) >= 11 is 6.23. The van der Waals surface area contributed by atoms with Crippen LogP contribution in [0.4, 0.5) is 5.69 Å². The van der Waals surface area contributed by atoms with Gasteiger partial charge in [-0.2, -0.15) is 0 Å². The zero-order valence-electron chi connectivity index (χ0n) is 16.2. The van der Waals surface area contributed by atoms with Gasteiger partial charge in [-0.25, -0.2) is 0 Å². The van der Waals surface area contributed by atoms with Crippen LogP contribution in [0.5, 0.6) is 0 Å². The molecule has 2 aromatic rings. The molecule has 2 aromatic carbocycles. The molecule has 0 spiro atoms. The first kappa shape index (κ1) is 19.6. The maximum Gasteiger partial charge on any atom is 0.261 e. The first-order chi connectivity index (χ1) is 14.0. The van der Waals surface area contributed by atoms with E-state index < -0.39 is 0 Å². The number of carbonyl (C=O) groups is 3. The van der Waals surface area contributed by atoms with Gasteiger partial charge in [0.05, 0.1) is 24.2 Å². The Morgan fingerprint density at radius 3 is 2.14 bits per heavy atom. The van der Waals surface area contributed by atoms with E-state index in [9.17, 15) is 14.4 Å². The number of rotatable bonds is 5. The predicted molar refractivity (Wildman–Crippen MR) is 112 cm³/mol. The van der Waals surface area contributed by atoms with Crippen LogP contribution in [0.1, 0.15) is 26.3 Å². The van der Waals surface area contributed by atoms with Gasteiger partial charge in [0.2, 0.25) is 0 Å². The van der Waals surface area contributed by atoms with Gasteiger partial charge in [-0.15, -0.1) is 0 Å². The molecule has 0 N–H and O–H groups in total. The second kappa shape index (κ2) is 7.97. The summed E-state index contributed by atoms with van der Waals surface area (Å²) in [7, 11) is 0. The molecule has 1 fully saturated rings. The lowest BCUT2D eigenvalue weighted by atomic mass is 10.1. The average molecular weight is 412 g/mol. The van der Waals surface area contributed by atoms with Crippen molar-refractivity contribution < 1.29 is 14.4 Å². The van der Waals surface area contributed by atoms with E-state index in [1.54, 1.807) is 24.3 Å². The fourth-order valence-corrected chi connectivity index (χ4v) is 4.11. The van der Waals surface area contributed by atoms with Gasteiger partial charge < -0.3 is 4.90 Å². The van der Waals surface area contributed by atoms with Crippen molar-refractivity contribution in [2.75, 3.05) is 44.2 Å². The third-order valence-electron chi connectivity index (χ3n) is 5.56. The standard InChI is InChI=1S/C22H22ClN3O3/c1-15-19(23)7-4-8-20(15)25-11-9-24(10-12-25)13-16(27)14-26-21(28)17-5-2-3-6-18(17)22(26)29/h2-8H,9-14H2,1H3. The minimum absolute atomic E-state index is 0.133. The summed E-state index contributed by atoms with van der Waals surface area (Å²) in [6.07, 6.45) is 0. The number of halogens is 1. The number of amides is 2. The molecule has 2 aliphatic heterocycles. The molecule has 0 saturated carbocycles. The van der Waals surface area contributed by atoms with Crippen LogP contribution in [-0.2, 0) is 4.79 Å². The van der Waals surface area contributed by atoms with Crippen molar-refractivity contribution in [2.45, 2.75) is 6.92 Å². The van der Waals surface area contributed by atoms with Crippen LogP contribution in [0.15, 0.2) is 42.5 Å². The van der Waals surface area contributed by atoms with Gasteiger partial charge in [0, 0.05) is 36.9 Å². The Hall–Kier alpha value is -2.70. The van der Waals surface area contributed by atoms with Crippen LogP contribution in [-0.4, -0.2) is 66.7 Å². The molecule has 0 atom stereocenters. The molecule has 4 rings (SSSR count). The molecule has 0 unspecified atom stereocenters. The lowest BCUT2D eigenvalue weighted by Crippen LogP contribution is -2.49. The number of benzene rings is 2. The maximum atomic E-state index is 12.5. The summed E-state index contributed by atoms with van der Waals surface area (Å²) in [4.78, 5) is 42.8. The number of piperazine rings is 1. The van der Waals surface area contributed by atoms with Gasteiger partial charge in [-0.3, -0.25) is 24.2 Å². The normalized spacial score (nSPS) is 17.0. The molecule has 0 radical (unpaired) electrons. The molecule has 7 heteroatoms. The molecule has 2 aliphatic rings. The third-order valence-corrected chi connectivity index (χ3v) is 5.97. The minimum Gasteiger partial charge on any atom is -0.369 e. The molecule has 1 saturated heterocycles. The van der Waals surface area contributed by atoms with E-state index in [1.807, 2.05) is 19.1 Å². The minimum atomic E-state index is -0.389. The molecule has 2 amide bonds. The highest BCUT2D eigenvalue weighted by Crippen LogP contribution is 2.27. The van der Waals surface area contributed by atoms with Crippen LogP contribution in [0.25, 0.3) is 0 Å². The van der Waals surface area contributed by atoms with Gasteiger partial charge in [-0.05, 0) is 36.8 Å². The summed E-state index contributed by atoms with van der Waals surface area (Å²) in [5.74, 6) is -0.910. The SMILES string of the molecule is Cc1c(Cl)cccc1N1CCN(CC(=O)CN2C(=O)c3ccccc3C2=O)CC1. The zero-order chi connectivity index (χ0) is 20.5. The molecule has 2 heterocycles. The summed E-state index contributed by atoms with van der Waals surface area (Å²) in [6.45, 7) is 5.12. The predicted octanol–water partition coefficient (Wildman–Crippen LogP) is 2.64. The topological polar surface area (TPSA) is 60.9 Å². The van der Waals surface area contributed by atoms with E-state index in [4.69, 9.17) is 11.6 Å². The Balaban J connectivity index is 1.32. The van der Waals surface area contributed by atoms with Gasteiger partial charge in [0.1, 0.15) is 0 Å². The second-order valence-corrected chi connectivity index (χ2v) is 7.84. The van der Waals surface area contributed by atoms with Crippen molar-refractivity contribution >= 4 is 34.9 Å². The number of Topliss-reactive ketones (excluding diaryl/α,β-unsaturated/α-hetero) is 1. The van der Waals surface area contributed by atoms with Crippen molar-refractivity contribution in [3.05, 3.63) is 64.2 Å². The average Bonchev–Trinajstić information content (AvgIpc) is 2.96. The highest BCUT2D eigenvalue weighted by molar-refractivity contribution is 6.31. The summed E-state index contributed by atoms with van der Waals surface area (Å²) in [5.41, 5.74) is 2.92. The number of fused-ring (bicyclic) bond motifs is 1. The highest BCUT2D eigenvalue weighted by atomic mass is 35.5. The number of imide groups is 1. The van der Waals surface area contributed by atoms with Crippen LogP contribution in [0.3, 0.4) is 0 Å². The number of carbonyl (C=O) groups excluding carboxylic acids is 3. The first-order valence-corrected chi connectivity index (χ1v) is 10.0. The highest BCUT2D eigenvalue weighted by Gasteiger charge is 2.36. The Morgan fingerprint density at radius 2 is 1.52 bits per heavy atom. The molecule has 0 aliphatic carbocycles. The molecule has 29 heavy (non-hydrogen) atoms. The van der Waals surface area contributed by atoms with E-state index in [0.29, 0.717) is 11.1 Å². The zero-order valence-corrected chi connectivity index (χ0v) is 17.0. The molecule has 0 aromatic heterocycles. The lowest BCUT2D eigenvalue weighted by Gasteiger charge is -2.36. The number of ketones is 1. The number of hydrogen-bond acceptors (Lipinski definition) is 5. The number of nitrogens with zero attached hydrogens (tertiary/aromatic N) is 3. The van der Waals surface area contributed by atoms with Gasteiger partial charge >= 0.3 is 0 Å². The molecule has 6 nitrogen and oxygen atoms in total. The van der Waals surface area contributed by atoms with Crippen LogP contribution < -0.4 is 4.90 Å². The fraction of sp³-hybridized carbons (Fsp3) is 0.318. The van der Waals surface area contributed by atoms with Crippen LogP contribution in [0, 0.1) is 6.92 Å². The van der Waals surface area contributed by atoms with Crippen molar-refractivity contribution in [2.24, 2.45) is 0 Å². The monoisotopic (exact) mass is 411 g/mol. The van der Waals surface area contributed by atoms with E-state index >= 15 is 0 Å². The third kappa shape index (κ3) is 3.78. The first-order valence-electron chi connectivity index (χ1n) is 9.65. The molecule has 150 valence electrons. The van der Waals surface area contributed by atoms with E-state index in [0.717, 1.165) is 47.4 Å².